The molecule has 0 unspecified atom stereocenters. The molecular formula is C20H12F3N3O2S. The highest BCUT2D eigenvalue weighted by Crippen LogP contribution is 2.39. The van der Waals surface area contributed by atoms with Crippen LogP contribution in [0.3, 0.4) is 0 Å². The molecule has 0 saturated heterocycles. The largest absolute Gasteiger partial charge is 0.417 e. The highest BCUT2D eigenvalue weighted by atomic mass is 32.2. The molecule has 2 aromatic carbocycles. The molecule has 0 bridgehead atoms. The Morgan fingerprint density at radius 1 is 1.10 bits per heavy atom. The summed E-state index contributed by atoms with van der Waals surface area (Å²) < 4.78 is 40.7. The number of pyridine rings is 1. The zero-order valence-electron chi connectivity index (χ0n) is 14.7. The molecule has 0 saturated carbocycles. The number of para-hydroxylation sites is 1. The van der Waals surface area contributed by atoms with Crippen LogP contribution in [0.4, 0.5) is 18.9 Å². The molecule has 0 aliphatic rings. The number of rotatable bonds is 5. The average Bonchev–Trinajstić information content (AvgIpc) is 2.71. The molecule has 3 rings (SSSR count). The second kappa shape index (κ2) is 8.32. The van der Waals surface area contributed by atoms with Gasteiger partial charge in [0.05, 0.1) is 21.7 Å². The number of halogens is 3. The molecule has 29 heavy (non-hydrogen) atoms. The van der Waals surface area contributed by atoms with Crippen molar-refractivity contribution in [2.24, 2.45) is 0 Å². The fourth-order valence-corrected chi connectivity index (χ4v) is 3.67. The lowest BCUT2D eigenvalue weighted by molar-refractivity contribution is -0.385. The predicted molar refractivity (Wildman–Crippen MR) is 102 cm³/mol. The van der Waals surface area contributed by atoms with Gasteiger partial charge >= 0.3 is 6.18 Å². The van der Waals surface area contributed by atoms with Gasteiger partial charge in [-0.1, -0.05) is 48.5 Å². The topological polar surface area (TPSA) is 79.8 Å². The van der Waals surface area contributed by atoms with Gasteiger partial charge in [0.25, 0.3) is 5.69 Å². The minimum atomic E-state index is -4.74. The van der Waals surface area contributed by atoms with E-state index in [0.717, 1.165) is 17.8 Å². The van der Waals surface area contributed by atoms with Gasteiger partial charge in [-0.15, -0.1) is 11.8 Å². The fraction of sp³-hybridized carbons (Fsp3) is 0.100. The summed E-state index contributed by atoms with van der Waals surface area (Å²) in [5.41, 5.74) is -0.961. The van der Waals surface area contributed by atoms with Crippen molar-refractivity contribution < 1.29 is 18.1 Å². The van der Waals surface area contributed by atoms with E-state index < -0.39 is 22.2 Å². The Kier molecular flexibility index (Phi) is 5.84. The first-order valence-corrected chi connectivity index (χ1v) is 9.22. The van der Waals surface area contributed by atoms with Crippen LogP contribution in [0.2, 0.25) is 0 Å². The van der Waals surface area contributed by atoms with Gasteiger partial charge in [0.2, 0.25) is 0 Å². The van der Waals surface area contributed by atoms with Crippen molar-refractivity contribution in [2.45, 2.75) is 17.0 Å². The molecule has 0 amide bonds. The van der Waals surface area contributed by atoms with Crippen molar-refractivity contribution in [1.29, 1.82) is 5.26 Å². The van der Waals surface area contributed by atoms with Crippen LogP contribution in [0.15, 0.2) is 65.7 Å². The Morgan fingerprint density at radius 2 is 1.76 bits per heavy atom. The Labute approximate surface area is 168 Å². The number of hydrogen-bond donors (Lipinski definition) is 0. The maximum atomic E-state index is 13.6. The summed E-state index contributed by atoms with van der Waals surface area (Å²) in [4.78, 5) is 14.8. The first kappa shape index (κ1) is 20.4. The van der Waals surface area contributed by atoms with Crippen molar-refractivity contribution in [2.75, 3.05) is 0 Å². The standard InChI is InChI=1S/C20H12F3N3O2S/c21-20(22,23)16-10-17(13-6-2-1-3-7-13)25-19(15(16)11-24)29-12-14-8-4-5-9-18(14)26(27)28/h1-10H,12H2. The van der Waals surface area contributed by atoms with Crippen molar-refractivity contribution >= 4 is 17.4 Å². The van der Waals surface area contributed by atoms with E-state index in [2.05, 4.69) is 4.98 Å². The third-order valence-electron chi connectivity index (χ3n) is 4.03. The number of alkyl halides is 3. The summed E-state index contributed by atoms with van der Waals surface area (Å²) in [5.74, 6) is -0.00558. The smallest absolute Gasteiger partial charge is 0.258 e. The molecule has 0 aliphatic carbocycles. The summed E-state index contributed by atoms with van der Waals surface area (Å²) in [6.45, 7) is 0. The maximum absolute atomic E-state index is 13.6. The molecule has 3 aromatic rings. The van der Waals surface area contributed by atoms with Gasteiger partial charge < -0.3 is 0 Å². The van der Waals surface area contributed by atoms with Crippen LogP contribution in [0.5, 0.6) is 0 Å². The lowest BCUT2D eigenvalue weighted by Gasteiger charge is -2.14. The third-order valence-corrected chi connectivity index (χ3v) is 5.05. The number of nitro groups is 1. The first-order valence-electron chi connectivity index (χ1n) is 8.24. The van der Waals surface area contributed by atoms with Crippen LogP contribution in [-0.2, 0) is 11.9 Å². The van der Waals surface area contributed by atoms with Crippen LogP contribution in [0.25, 0.3) is 11.3 Å². The molecule has 1 aromatic heterocycles. The van der Waals surface area contributed by atoms with Crippen molar-refractivity contribution in [1.82, 2.24) is 4.98 Å². The van der Waals surface area contributed by atoms with E-state index in [1.54, 1.807) is 42.5 Å². The van der Waals surface area contributed by atoms with E-state index in [1.165, 1.54) is 18.2 Å². The Balaban J connectivity index is 2.08. The van der Waals surface area contributed by atoms with Crippen LogP contribution in [-0.4, -0.2) is 9.91 Å². The Hall–Kier alpha value is -3.38. The number of nitriles is 1. The lowest BCUT2D eigenvalue weighted by Crippen LogP contribution is -2.10. The van der Waals surface area contributed by atoms with E-state index in [0.29, 0.717) is 11.1 Å². The van der Waals surface area contributed by atoms with Gasteiger partial charge in [-0.05, 0) is 6.07 Å². The zero-order chi connectivity index (χ0) is 21.0. The number of aromatic nitrogens is 1. The Morgan fingerprint density at radius 3 is 2.38 bits per heavy atom. The second-order valence-electron chi connectivity index (χ2n) is 5.89. The number of thioether (sulfide) groups is 1. The van der Waals surface area contributed by atoms with E-state index in [9.17, 15) is 28.5 Å². The minimum Gasteiger partial charge on any atom is -0.258 e. The second-order valence-corrected chi connectivity index (χ2v) is 6.85. The molecule has 0 radical (unpaired) electrons. The molecule has 0 fully saturated rings. The van der Waals surface area contributed by atoms with Gasteiger partial charge in [0, 0.05) is 22.9 Å². The first-order chi connectivity index (χ1) is 13.8. The van der Waals surface area contributed by atoms with Crippen molar-refractivity contribution in [3.05, 3.63) is 87.5 Å². The number of hydrogen-bond acceptors (Lipinski definition) is 5. The van der Waals surface area contributed by atoms with E-state index in [4.69, 9.17) is 0 Å². The monoisotopic (exact) mass is 415 g/mol. The van der Waals surface area contributed by atoms with Crippen LogP contribution in [0, 0.1) is 21.4 Å². The molecule has 0 N–H and O–H groups in total. The maximum Gasteiger partial charge on any atom is 0.417 e. The molecule has 146 valence electrons. The van der Waals surface area contributed by atoms with Crippen LogP contribution in [0.1, 0.15) is 16.7 Å². The fourth-order valence-electron chi connectivity index (χ4n) is 2.67. The molecule has 5 nitrogen and oxygen atoms in total. The summed E-state index contributed by atoms with van der Waals surface area (Å²) in [6.07, 6.45) is -4.74. The molecule has 0 aliphatic heterocycles. The zero-order valence-corrected chi connectivity index (χ0v) is 15.5. The number of nitro benzene ring substituents is 1. The van der Waals surface area contributed by atoms with Crippen molar-refractivity contribution in [3.63, 3.8) is 0 Å². The van der Waals surface area contributed by atoms with Gasteiger partial charge in [-0.2, -0.15) is 18.4 Å². The molecule has 9 heteroatoms. The van der Waals surface area contributed by atoms with Gasteiger partial charge in [0.1, 0.15) is 11.1 Å². The van der Waals surface area contributed by atoms with Gasteiger partial charge in [-0.3, -0.25) is 10.1 Å². The normalized spacial score (nSPS) is 11.1. The summed E-state index contributed by atoms with van der Waals surface area (Å²) in [5, 5.41) is 20.4. The third kappa shape index (κ3) is 4.55. The lowest BCUT2D eigenvalue weighted by atomic mass is 10.1. The summed E-state index contributed by atoms with van der Waals surface area (Å²) in [7, 11) is 0. The highest BCUT2D eigenvalue weighted by molar-refractivity contribution is 7.98. The SMILES string of the molecule is N#Cc1c(C(F)(F)F)cc(-c2ccccc2)nc1SCc1ccccc1[N+](=O)[O-]. The van der Waals surface area contributed by atoms with Gasteiger partial charge in [0.15, 0.2) is 0 Å². The minimum absolute atomic E-state index is 0.00558. The number of benzene rings is 2. The predicted octanol–water partition coefficient (Wildman–Crippen LogP) is 5.84. The average molecular weight is 415 g/mol. The molecular weight excluding hydrogens is 403 g/mol. The summed E-state index contributed by atoms with van der Waals surface area (Å²) in [6, 6.07) is 16.7. The van der Waals surface area contributed by atoms with Crippen LogP contribution >= 0.6 is 11.8 Å². The van der Waals surface area contributed by atoms with E-state index in [-0.39, 0.29) is 22.2 Å². The highest BCUT2D eigenvalue weighted by Gasteiger charge is 2.36. The summed E-state index contributed by atoms with van der Waals surface area (Å²) >= 11 is 0.857. The Bertz CT molecular complexity index is 1100. The molecule has 1 heterocycles. The van der Waals surface area contributed by atoms with Crippen molar-refractivity contribution in [3.8, 4) is 17.3 Å². The molecule has 0 atom stereocenters. The van der Waals surface area contributed by atoms with E-state index in [1.807, 2.05) is 0 Å². The molecule has 0 spiro atoms. The number of nitrogens with zero attached hydrogens (tertiary/aromatic N) is 3. The van der Waals surface area contributed by atoms with Gasteiger partial charge in [-0.25, -0.2) is 4.98 Å². The quantitative estimate of drug-likeness (QED) is 0.297. The van der Waals surface area contributed by atoms with Crippen LogP contribution < -0.4 is 0 Å². The van der Waals surface area contributed by atoms with E-state index >= 15 is 0 Å².